The van der Waals surface area contributed by atoms with Crippen LogP contribution in [0.15, 0.2) is 55.4 Å². The summed E-state index contributed by atoms with van der Waals surface area (Å²) in [5.74, 6) is -3.37. The summed E-state index contributed by atoms with van der Waals surface area (Å²) in [6.07, 6.45) is 6.20. The molecular formula is C26H34N8O5. The van der Waals surface area contributed by atoms with E-state index < -0.39 is 47.9 Å². The number of aromatic nitrogens is 4. The first-order chi connectivity index (χ1) is 18.6. The van der Waals surface area contributed by atoms with Crippen molar-refractivity contribution >= 4 is 23.7 Å². The molecule has 4 atom stereocenters. The predicted molar refractivity (Wildman–Crippen MR) is 141 cm³/mol. The Bertz CT molecular complexity index is 1210. The molecule has 0 fully saturated rings. The van der Waals surface area contributed by atoms with Crippen LogP contribution in [-0.4, -0.2) is 72.9 Å². The smallest absolute Gasteiger partial charge is 0.326 e. The number of imidazole rings is 2. The molecule has 0 aliphatic rings. The van der Waals surface area contributed by atoms with Crippen LogP contribution < -0.4 is 21.7 Å². The lowest BCUT2D eigenvalue weighted by molar-refractivity contribution is -0.142. The lowest BCUT2D eigenvalue weighted by atomic mass is 10.00. The molecule has 8 N–H and O–H groups in total. The molecule has 13 nitrogen and oxygen atoms in total. The van der Waals surface area contributed by atoms with Gasteiger partial charge in [-0.05, 0) is 11.5 Å². The zero-order valence-electron chi connectivity index (χ0n) is 21.8. The summed E-state index contributed by atoms with van der Waals surface area (Å²) < 4.78 is 0. The van der Waals surface area contributed by atoms with E-state index in [0.717, 1.165) is 5.56 Å². The van der Waals surface area contributed by atoms with E-state index in [1.54, 1.807) is 44.3 Å². The standard InChI is InChI=1S/C26H34N8O5/c1-15(2)22(34-23(35)19(27)9-17-11-28-13-30-17)25(37)32-20(8-16-6-4-3-5-7-16)24(36)33-21(26(38)39)10-18-12-29-14-31-18/h3-7,11-15,19-22H,8-10,27H2,1-2H3,(H,28,30)(H,29,31)(H,32,37)(H,33,36)(H,34,35)(H,38,39). The number of carboxylic acids is 1. The molecule has 0 saturated carbocycles. The third-order valence-electron chi connectivity index (χ3n) is 6.09. The van der Waals surface area contributed by atoms with Crippen LogP contribution in [0.1, 0.15) is 30.8 Å². The Balaban J connectivity index is 1.73. The predicted octanol–water partition coefficient (Wildman–Crippen LogP) is -0.317. The van der Waals surface area contributed by atoms with Gasteiger partial charge in [-0.25, -0.2) is 14.8 Å². The van der Waals surface area contributed by atoms with Gasteiger partial charge in [-0.2, -0.15) is 0 Å². The molecule has 0 radical (unpaired) electrons. The third-order valence-corrected chi connectivity index (χ3v) is 6.09. The van der Waals surface area contributed by atoms with Crippen molar-refractivity contribution in [2.24, 2.45) is 11.7 Å². The molecule has 39 heavy (non-hydrogen) atoms. The van der Waals surface area contributed by atoms with E-state index in [1.165, 1.54) is 18.9 Å². The summed E-state index contributed by atoms with van der Waals surface area (Å²) in [6, 6.07) is 4.71. The van der Waals surface area contributed by atoms with E-state index in [4.69, 9.17) is 5.73 Å². The van der Waals surface area contributed by atoms with Gasteiger partial charge < -0.3 is 36.8 Å². The largest absolute Gasteiger partial charge is 0.480 e. The van der Waals surface area contributed by atoms with Gasteiger partial charge in [0, 0.05) is 43.0 Å². The van der Waals surface area contributed by atoms with E-state index in [0.29, 0.717) is 11.4 Å². The first kappa shape index (κ1) is 29.0. The summed E-state index contributed by atoms with van der Waals surface area (Å²) in [5, 5.41) is 17.6. The second kappa shape index (κ2) is 13.9. The lowest BCUT2D eigenvalue weighted by Gasteiger charge is -2.27. The fourth-order valence-corrected chi connectivity index (χ4v) is 3.93. The van der Waals surface area contributed by atoms with E-state index in [2.05, 4.69) is 35.9 Å². The zero-order valence-corrected chi connectivity index (χ0v) is 21.8. The number of nitrogens with one attached hydrogen (secondary N) is 5. The number of carboxylic acid groups (broad SMARTS) is 1. The van der Waals surface area contributed by atoms with Gasteiger partial charge in [0.15, 0.2) is 0 Å². The van der Waals surface area contributed by atoms with Crippen molar-refractivity contribution in [2.75, 3.05) is 0 Å². The van der Waals surface area contributed by atoms with E-state index >= 15 is 0 Å². The Morgan fingerprint density at radius 1 is 0.821 bits per heavy atom. The molecule has 4 unspecified atom stereocenters. The summed E-state index contributed by atoms with van der Waals surface area (Å²) in [6.45, 7) is 3.50. The minimum atomic E-state index is -1.26. The van der Waals surface area contributed by atoms with Crippen LogP contribution in [0.4, 0.5) is 0 Å². The van der Waals surface area contributed by atoms with Gasteiger partial charge in [0.05, 0.1) is 18.7 Å². The monoisotopic (exact) mass is 538 g/mol. The molecule has 0 spiro atoms. The van der Waals surface area contributed by atoms with Crippen LogP contribution in [0.3, 0.4) is 0 Å². The molecule has 3 rings (SSSR count). The maximum absolute atomic E-state index is 13.3. The van der Waals surface area contributed by atoms with Crippen molar-refractivity contribution in [3.8, 4) is 0 Å². The van der Waals surface area contributed by atoms with Crippen LogP contribution in [0.5, 0.6) is 0 Å². The van der Waals surface area contributed by atoms with Gasteiger partial charge in [0.1, 0.15) is 18.1 Å². The summed E-state index contributed by atoms with van der Waals surface area (Å²) in [7, 11) is 0. The van der Waals surface area contributed by atoms with Crippen molar-refractivity contribution in [1.29, 1.82) is 0 Å². The number of nitrogens with zero attached hydrogens (tertiary/aromatic N) is 2. The zero-order chi connectivity index (χ0) is 28.4. The van der Waals surface area contributed by atoms with Gasteiger partial charge in [-0.3, -0.25) is 14.4 Å². The highest BCUT2D eigenvalue weighted by Crippen LogP contribution is 2.09. The molecule has 3 amide bonds. The van der Waals surface area contributed by atoms with Crippen molar-refractivity contribution in [1.82, 2.24) is 35.9 Å². The number of aromatic amines is 2. The van der Waals surface area contributed by atoms with E-state index in [-0.39, 0.29) is 25.2 Å². The average Bonchev–Trinajstić information content (AvgIpc) is 3.61. The Labute approximate surface area is 225 Å². The first-order valence-electron chi connectivity index (χ1n) is 12.5. The number of rotatable bonds is 14. The van der Waals surface area contributed by atoms with Crippen molar-refractivity contribution in [3.63, 3.8) is 0 Å². The quantitative estimate of drug-likeness (QED) is 0.144. The van der Waals surface area contributed by atoms with Crippen molar-refractivity contribution in [3.05, 3.63) is 72.3 Å². The summed E-state index contributed by atoms with van der Waals surface area (Å²) in [5.41, 5.74) is 7.98. The molecule has 2 aromatic heterocycles. The van der Waals surface area contributed by atoms with Crippen molar-refractivity contribution in [2.45, 2.75) is 57.3 Å². The minimum absolute atomic E-state index is 0.0219. The van der Waals surface area contributed by atoms with Gasteiger partial charge >= 0.3 is 5.97 Å². The Morgan fingerprint density at radius 2 is 1.41 bits per heavy atom. The number of carbonyl (C=O) groups excluding carboxylic acids is 3. The second-order valence-corrected chi connectivity index (χ2v) is 9.55. The SMILES string of the molecule is CC(C)C(NC(=O)C(N)Cc1cnc[nH]1)C(=O)NC(Cc1ccccc1)C(=O)NC(Cc1cnc[nH]1)C(=O)O. The number of H-pyrrole nitrogens is 2. The summed E-state index contributed by atoms with van der Waals surface area (Å²) >= 11 is 0. The molecule has 0 saturated heterocycles. The van der Waals surface area contributed by atoms with Crippen LogP contribution in [0.2, 0.25) is 0 Å². The highest BCUT2D eigenvalue weighted by molar-refractivity contribution is 5.94. The lowest BCUT2D eigenvalue weighted by Crippen LogP contribution is -2.59. The topological polar surface area (TPSA) is 208 Å². The van der Waals surface area contributed by atoms with Gasteiger partial charge in [-0.1, -0.05) is 44.2 Å². The number of hydrogen-bond donors (Lipinski definition) is 7. The fraction of sp³-hybridized carbons (Fsp3) is 0.385. The number of nitrogens with two attached hydrogens (primary N) is 1. The molecule has 208 valence electrons. The number of aliphatic carboxylic acids is 1. The molecule has 0 aliphatic heterocycles. The second-order valence-electron chi connectivity index (χ2n) is 9.55. The Hall–Kier alpha value is -4.52. The van der Waals surface area contributed by atoms with Gasteiger partial charge in [-0.15, -0.1) is 0 Å². The minimum Gasteiger partial charge on any atom is -0.480 e. The maximum Gasteiger partial charge on any atom is 0.326 e. The fourth-order valence-electron chi connectivity index (χ4n) is 3.93. The average molecular weight is 539 g/mol. The van der Waals surface area contributed by atoms with Gasteiger partial charge in [0.25, 0.3) is 0 Å². The summed E-state index contributed by atoms with van der Waals surface area (Å²) in [4.78, 5) is 64.7. The normalized spacial score (nSPS) is 14.2. The van der Waals surface area contributed by atoms with Gasteiger partial charge in [0.2, 0.25) is 17.7 Å². The van der Waals surface area contributed by atoms with Crippen LogP contribution >= 0.6 is 0 Å². The maximum atomic E-state index is 13.3. The molecule has 0 bridgehead atoms. The Morgan fingerprint density at radius 3 is 1.95 bits per heavy atom. The Kier molecular flexibility index (Phi) is 10.3. The molecule has 3 aromatic rings. The van der Waals surface area contributed by atoms with Crippen LogP contribution in [0, 0.1) is 5.92 Å². The van der Waals surface area contributed by atoms with Crippen molar-refractivity contribution < 1.29 is 24.3 Å². The highest BCUT2D eigenvalue weighted by Gasteiger charge is 2.32. The molecule has 0 aliphatic carbocycles. The highest BCUT2D eigenvalue weighted by atomic mass is 16.4. The molecule has 13 heteroatoms. The van der Waals surface area contributed by atoms with Crippen LogP contribution in [-0.2, 0) is 38.4 Å². The number of carbonyl (C=O) groups is 4. The molecular weight excluding hydrogens is 504 g/mol. The first-order valence-corrected chi connectivity index (χ1v) is 12.5. The number of benzene rings is 1. The van der Waals surface area contributed by atoms with E-state index in [9.17, 15) is 24.3 Å². The number of amides is 3. The third kappa shape index (κ3) is 8.78. The molecule has 1 aromatic carbocycles. The van der Waals surface area contributed by atoms with Crippen LogP contribution in [0.25, 0.3) is 0 Å². The number of hydrogen-bond acceptors (Lipinski definition) is 7. The molecule has 2 heterocycles. The van der Waals surface area contributed by atoms with E-state index in [1.807, 2.05) is 6.07 Å².